The monoisotopic (exact) mass is 292 g/mol. The number of anilines is 1. The Labute approximate surface area is 118 Å². The number of nitrogens with one attached hydrogen (secondary N) is 1. The number of nitrogens with two attached hydrogens (primary N) is 1. The minimum atomic E-state index is -3.67. The Morgan fingerprint density at radius 1 is 1.25 bits per heavy atom. The molecule has 0 aliphatic heterocycles. The number of sulfonamides is 1. The van der Waals surface area contributed by atoms with Crippen LogP contribution in [0.4, 0.5) is 5.69 Å². The lowest BCUT2D eigenvalue weighted by Crippen LogP contribution is -2.16. The molecule has 0 aliphatic carbocycles. The molecule has 0 aliphatic rings. The van der Waals surface area contributed by atoms with Crippen molar-refractivity contribution in [1.29, 1.82) is 0 Å². The number of benzene rings is 1. The fraction of sp³-hybridized carbons (Fsp3) is 0.231. The largest absolute Gasteiger partial charge is 0.326 e. The van der Waals surface area contributed by atoms with E-state index in [1.165, 1.54) is 18.7 Å². The highest BCUT2D eigenvalue weighted by Gasteiger charge is 2.18. The Bertz CT molecular complexity index is 687. The molecule has 0 saturated heterocycles. The molecule has 1 aromatic heterocycles. The van der Waals surface area contributed by atoms with E-state index in [1.54, 1.807) is 12.1 Å². The Balaban J connectivity index is 2.43. The fourth-order valence-electron chi connectivity index (χ4n) is 1.83. The average molecular weight is 292 g/mol. The Kier molecular flexibility index (Phi) is 4.31. The average Bonchev–Trinajstić information content (AvgIpc) is 2.47. The van der Waals surface area contributed by atoms with Gasteiger partial charge >= 0.3 is 0 Å². The van der Waals surface area contributed by atoms with Gasteiger partial charge < -0.3 is 5.73 Å². The Hall–Kier alpha value is -1.99. The second-order valence-corrected chi connectivity index (χ2v) is 5.88. The second kappa shape index (κ2) is 5.98. The lowest BCUT2D eigenvalue weighted by Gasteiger charge is -2.12. The molecule has 1 aromatic carbocycles. The first kappa shape index (κ1) is 14.4. The summed E-state index contributed by atoms with van der Waals surface area (Å²) in [7, 11) is -3.67. The molecular weight excluding hydrogens is 276 g/mol. The van der Waals surface area contributed by atoms with E-state index in [4.69, 9.17) is 5.73 Å². The lowest BCUT2D eigenvalue weighted by molar-refractivity contribution is 0.600. The van der Waals surface area contributed by atoms with Gasteiger partial charge in [0.2, 0.25) is 0 Å². The van der Waals surface area contributed by atoms with E-state index in [9.17, 15) is 8.42 Å². The highest BCUT2D eigenvalue weighted by molar-refractivity contribution is 7.92. The molecule has 0 atom stereocenters. The summed E-state index contributed by atoms with van der Waals surface area (Å²) >= 11 is 0. The number of rotatable bonds is 5. The minimum Gasteiger partial charge on any atom is -0.326 e. The molecule has 0 amide bonds. The van der Waals surface area contributed by atoms with Gasteiger partial charge in [-0.25, -0.2) is 18.4 Å². The summed E-state index contributed by atoms with van der Waals surface area (Å²) in [6, 6.07) is 5.23. The molecule has 2 aromatic rings. The van der Waals surface area contributed by atoms with Crippen LogP contribution in [0.2, 0.25) is 0 Å². The molecule has 0 saturated carbocycles. The van der Waals surface area contributed by atoms with Crippen LogP contribution in [0.5, 0.6) is 0 Å². The molecule has 20 heavy (non-hydrogen) atoms. The molecule has 0 bridgehead atoms. The summed E-state index contributed by atoms with van der Waals surface area (Å²) < 4.78 is 27.4. The number of hydrogen-bond acceptors (Lipinski definition) is 5. The molecule has 6 nitrogen and oxygen atoms in total. The maximum atomic E-state index is 12.4. The zero-order valence-electron chi connectivity index (χ0n) is 11.1. The van der Waals surface area contributed by atoms with Crippen LogP contribution in [-0.2, 0) is 23.0 Å². The van der Waals surface area contributed by atoms with Gasteiger partial charge in [0.05, 0.1) is 23.0 Å². The summed E-state index contributed by atoms with van der Waals surface area (Å²) in [5.74, 6) is 0. The highest BCUT2D eigenvalue weighted by Crippen LogP contribution is 2.21. The molecule has 2 rings (SSSR count). The third kappa shape index (κ3) is 3.12. The topological polar surface area (TPSA) is 98.0 Å². The third-order valence-electron chi connectivity index (χ3n) is 2.85. The summed E-state index contributed by atoms with van der Waals surface area (Å²) in [6.07, 6.45) is 4.77. The molecule has 0 spiro atoms. The van der Waals surface area contributed by atoms with Crippen LogP contribution in [0.3, 0.4) is 0 Å². The maximum Gasteiger partial charge on any atom is 0.262 e. The van der Waals surface area contributed by atoms with Crippen molar-refractivity contribution in [1.82, 2.24) is 9.97 Å². The first-order chi connectivity index (χ1) is 9.56. The highest BCUT2D eigenvalue weighted by atomic mass is 32.2. The van der Waals surface area contributed by atoms with E-state index in [1.807, 2.05) is 13.0 Å². The zero-order valence-corrected chi connectivity index (χ0v) is 11.9. The van der Waals surface area contributed by atoms with E-state index < -0.39 is 10.0 Å². The molecule has 3 N–H and O–H groups in total. The summed E-state index contributed by atoms with van der Waals surface area (Å²) in [5.41, 5.74) is 7.41. The van der Waals surface area contributed by atoms with Crippen molar-refractivity contribution >= 4 is 15.7 Å². The van der Waals surface area contributed by atoms with Crippen molar-refractivity contribution in [2.45, 2.75) is 24.8 Å². The number of hydrogen-bond donors (Lipinski definition) is 2. The maximum absolute atomic E-state index is 12.4. The number of nitrogens with zero attached hydrogens (tertiary/aromatic N) is 2. The standard InChI is InChI=1S/C13H16N4O2S/c1-2-11-4-3-10(6-14)5-13(11)20(18,19)17-12-7-15-9-16-8-12/h3-5,7-9,17H,2,6,14H2,1H3. The van der Waals surface area contributed by atoms with Crippen molar-refractivity contribution in [3.05, 3.63) is 48.0 Å². The van der Waals surface area contributed by atoms with Gasteiger partial charge in [0.15, 0.2) is 0 Å². The minimum absolute atomic E-state index is 0.242. The molecule has 1 heterocycles. The van der Waals surface area contributed by atoms with Crippen molar-refractivity contribution in [3.8, 4) is 0 Å². The van der Waals surface area contributed by atoms with Gasteiger partial charge in [-0.3, -0.25) is 4.72 Å². The first-order valence-corrected chi connectivity index (χ1v) is 7.65. The van der Waals surface area contributed by atoms with E-state index in [0.717, 1.165) is 11.1 Å². The second-order valence-electron chi connectivity index (χ2n) is 4.23. The Morgan fingerprint density at radius 2 is 1.95 bits per heavy atom. The van der Waals surface area contributed by atoms with Crippen LogP contribution in [0.15, 0.2) is 41.8 Å². The molecule has 7 heteroatoms. The summed E-state index contributed by atoms with van der Waals surface area (Å²) in [5, 5.41) is 0. The van der Waals surface area contributed by atoms with Crippen molar-refractivity contribution in [3.63, 3.8) is 0 Å². The van der Waals surface area contributed by atoms with E-state index in [0.29, 0.717) is 18.7 Å². The SMILES string of the molecule is CCc1ccc(CN)cc1S(=O)(=O)Nc1cncnc1. The van der Waals surface area contributed by atoms with E-state index in [-0.39, 0.29) is 4.90 Å². The smallest absolute Gasteiger partial charge is 0.262 e. The van der Waals surface area contributed by atoms with Crippen LogP contribution < -0.4 is 10.5 Å². The van der Waals surface area contributed by atoms with Crippen LogP contribution in [0.1, 0.15) is 18.1 Å². The molecular formula is C13H16N4O2S. The molecule has 0 fully saturated rings. The predicted octanol–water partition coefficient (Wildman–Crippen LogP) is 1.30. The molecule has 0 radical (unpaired) electrons. The quantitative estimate of drug-likeness (QED) is 0.865. The van der Waals surface area contributed by atoms with E-state index >= 15 is 0 Å². The number of aromatic nitrogens is 2. The summed E-state index contributed by atoms with van der Waals surface area (Å²) in [4.78, 5) is 7.80. The third-order valence-corrected chi connectivity index (χ3v) is 4.31. The predicted molar refractivity (Wildman–Crippen MR) is 76.6 cm³/mol. The lowest BCUT2D eigenvalue weighted by atomic mass is 10.1. The van der Waals surface area contributed by atoms with Gasteiger partial charge in [-0.1, -0.05) is 19.1 Å². The van der Waals surface area contributed by atoms with Gasteiger partial charge in [0.25, 0.3) is 10.0 Å². The zero-order chi connectivity index (χ0) is 14.6. The normalized spacial score (nSPS) is 11.3. The first-order valence-electron chi connectivity index (χ1n) is 6.16. The van der Waals surface area contributed by atoms with Crippen LogP contribution in [0.25, 0.3) is 0 Å². The summed E-state index contributed by atoms with van der Waals surface area (Å²) in [6.45, 7) is 2.20. The van der Waals surface area contributed by atoms with Gasteiger partial charge in [-0.2, -0.15) is 0 Å². The van der Waals surface area contributed by atoms with Crippen LogP contribution in [0, 0.1) is 0 Å². The van der Waals surface area contributed by atoms with Crippen LogP contribution in [-0.4, -0.2) is 18.4 Å². The molecule has 0 unspecified atom stereocenters. The fourth-order valence-corrected chi connectivity index (χ4v) is 3.22. The van der Waals surface area contributed by atoms with Gasteiger partial charge in [0, 0.05) is 6.54 Å². The van der Waals surface area contributed by atoms with Crippen LogP contribution >= 0.6 is 0 Å². The van der Waals surface area contributed by atoms with Gasteiger partial charge in [-0.15, -0.1) is 0 Å². The Morgan fingerprint density at radius 3 is 2.55 bits per heavy atom. The van der Waals surface area contributed by atoms with Crippen molar-refractivity contribution < 1.29 is 8.42 Å². The van der Waals surface area contributed by atoms with E-state index in [2.05, 4.69) is 14.7 Å². The van der Waals surface area contributed by atoms with Crippen molar-refractivity contribution in [2.24, 2.45) is 5.73 Å². The van der Waals surface area contributed by atoms with Gasteiger partial charge in [-0.05, 0) is 23.6 Å². The van der Waals surface area contributed by atoms with Crippen molar-refractivity contribution in [2.75, 3.05) is 4.72 Å². The van der Waals surface area contributed by atoms with Gasteiger partial charge in [0.1, 0.15) is 6.33 Å². The number of aryl methyl sites for hydroxylation is 1. The molecule has 106 valence electrons.